The minimum atomic E-state index is -0.267. The molecule has 2 nitrogen and oxygen atoms in total. The van der Waals surface area contributed by atoms with Gasteiger partial charge in [-0.25, -0.2) is 0 Å². The summed E-state index contributed by atoms with van der Waals surface area (Å²) in [5.41, 5.74) is 2.64. The molecule has 17 heavy (non-hydrogen) atoms. The molecule has 1 aromatic rings. The summed E-state index contributed by atoms with van der Waals surface area (Å²) in [6, 6.07) is 8.41. The zero-order valence-corrected chi connectivity index (χ0v) is 11.1. The number of aliphatic hydroxyl groups is 1. The van der Waals surface area contributed by atoms with Crippen LogP contribution in [0, 0.1) is 0 Å². The zero-order chi connectivity index (χ0) is 12.1. The first-order valence-corrected chi connectivity index (χ1v) is 7.42. The summed E-state index contributed by atoms with van der Waals surface area (Å²) >= 11 is 1.78. The number of rotatable bonds is 5. The standard InChI is InChI=1S/C14H20O2S/c1-2-17-10-12(15)9-14-13-6-4-3-5-11(13)7-8-16-14/h3-6,12,14-15H,2,7-10H2,1H3. The monoisotopic (exact) mass is 252 g/mol. The normalized spacial score (nSPS) is 20.9. The Morgan fingerprint density at radius 1 is 1.47 bits per heavy atom. The van der Waals surface area contributed by atoms with E-state index in [-0.39, 0.29) is 12.2 Å². The van der Waals surface area contributed by atoms with Crippen LogP contribution in [0.1, 0.15) is 30.6 Å². The summed E-state index contributed by atoms with van der Waals surface area (Å²) in [7, 11) is 0. The molecule has 1 aromatic carbocycles. The lowest BCUT2D eigenvalue weighted by molar-refractivity contribution is 0.00946. The van der Waals surface area contributed by atoms with Gasteiger partial charge in [-0.15, -0.1) is 0 Å². The van der Waals surface area contributed by atoms with Crippen LogP contribution in [0.4, 0.5) is 0 Å². The Morgan fingerprint density at radius 2 is 2.29 bits per heavy atom. The highest BCUT2D eigenvalue weighted by Gasteiger charge is 2.22. The molecule has 0 fully saturated rings. The molecular weight excluding hydrogens is 232 g/mol. The lowest BCUT2D eigenvalue weighted by Crippen LogP contribution is -2.22. The van der Waals surface area contributed by atoms with Gasteiger partial charge < -0.3 is 9.84 Å². The highest BCUT2D eigenvalue weighted by atomic mass is 32.2. The summed E-state index contributed by atoms with van der Waals surface area (Å²) in [4.78, 5) is 0. The summed E-state index contributed by atoms with van der Waals surface area (Å²) in [5, 5.41) is 9.96. The molecule has 2 atom stereocenters. The van der Waals surface area contributed by atoms with Crippen LogP contribution >= 0.6 is 11.8 Å². The highest BCUT2D eigenvalue weighted by molar-refractivity contribution is 7.99. The van der Waals surface area contributed by atoms with Crippen molar-refractivity contribution in [2.24, 2.45) is 0 Å². The lowest BCUT2D eigenvalue weighted by Gasteiger charge is -2.27. The lowest BCUT2D eigenvalue weighted by atomic mass is 9.94. The number of ether oxygens (including phenoxy) is 1. The number of fused-ring (bicyclic) bond motifs is 1. The van der Waals surface area contributed by atoms with Crippen LogP contribution in [0.3, 0.4) is 0 Å². The van der Waals surface area contributed by atoms with Gasteiger partial charge in [0.2, 0.25) is 0 Å². The van der Waals surface area contributed by atoms with Crippen LogP contribution in [-0.2, 0) is 11.2 Å². The SMILES string of the molecule is CCSCC(O)CC1OCCc2ccccc21. The Labute approximate surface area is 107 Å². The summed E-state index contributed by atoms with van der Waals surface area (Å²) < 4.78 is 5.79. The molecule has 0 amide bonds. The first kappa shape index (κ1) is 12.9. The second-order valence-corrected chi connectivity index (χ2v) is 5.68. The topological polar surface area (TPSA) is 29.5 Å². The number of hydrogen-bond donors (Lipinski definition) is 1. The summed E-state index contributed by atoms with van der Waals surface area (Å²) in [6.45, 7) is 2.89. The average Bonchev–Trinajstić information content (AvgIpc) is 2.37. The molecular formula is C14H20O2S. The maximum Gasteiger partial charge on any atom is 0.0852 e. The smallest absolute Gasteiger partial charge is 0.0852 e. The van der Waals surface area contributed by atoms with E-state index < -0.39 is 0 Å². The molecule has 0 saturated carbocycles. The van der Waals surface area contributed by atoms with E-state index in [0.29, 0.717) is 6.42 Å². The fourth-order valence-corrected chi connectivity index (χ4v) is 2.88. The van der Waals surface area contributed by atoms with E-state index in [9.17, 15) is 5.11 Å². The van der Waals surface area contributed by atoms with E-state index in [1.807, 2.05) is 6.07 Å². The van der Waals surface area contributed by atoms with Gasteiger partial charge in [-0.3, -0.25) is 0 Å². The van der Waals surface area contributed by atoms with Crippen LogP contribution in [-0.4, -0.2) is 29.3 Å². The Hall–Kier alpha value is -0.510. The second-order valence-electron chi connectivity index (χ2n) is 4.36. The average molecular weight is 252 g/mol. The molecule has 0 bridgehead atoms. The molecule has 3 heteroatoms. The molecule has 1 heterocycles. The molecule has 0 radical (unpaired) electrons. The van der Waals surface area contributed by atoms with E-state index in [2.05, 4.69) is 25.1 Å². The highest BCUT2D eigenvalue weighted by Crippen LogP contribution is 2.30. The van der Waals surface area contributed by atoms with Crippen molar-refractivity contribution in [1.82, 2.24) is 0 Å². The van der Waals surface area contributed by atoms with Crippen LogP contribution < -0.4 is 0 Å². The Balaban J connectivity index is 1.98. The van der Waals surface area contributed by atoms with Gasteiger partial charge in [0.05, 0.1) is 18.8 Å². The van der Waals surface area contributed by atoms with Gasteiger partial charge in [-0.2, -0.15) is 11.8 Å². The summed E-state index contributed by atoms with van der Waals surface area (Å²) in [5.74, 6) is 1.86. The van der Waals surface area contributed by atoms with Crippen molar-refractivity contribution < 1.29 is 9.84 Å². The Kier molecular flexibility index (Phi) is 4.89. The van der Waals surface area contributed by atoms with Crippen molar-refractivity contribution in [1.29, 1.82) is 0 Å². The number of thioether (sulfide) groups is 1. The molecule has 1 aliphatic rings. The number of benzene rings is 1. The maximum absolute atomic E-state index is 9.96. The van der Waals surface area contributed by atoms with Crippen LogP contribution in [0.25, 0.3) is 0 Å². The summed E-state index contributed by atoms with van der Waals surface area (Å²) in [6.07, 6.45) is 1.51. The largest absolute Gasteiger partial charge is 0.392 e. The van der Waals surface area contributed by atoms with Crippen LogP contribution in [0.15, 0.2) is 24.3 Å². The predicted molar refractivity (Wildman–Crippen MR) is 72.5 cm³/mol. The second kappa shape index (κ2) is 6.43. The molecule has 94 valence electrons. The van der Waals surface area contributed by atoms with Crippen molar-refractivity contribution in [2.45, 2.75) is 32.0 Å². The van der Waals surface area contributed by atoms with Gasteiger partial charge in [-0.05, 0) is 23.3 Å². The Morgan fingerprint density at radius 3 is 3.12 bits per heavy atom. The maximum atomic E-state index is 9.96. The fourth-order valence-electron chi connectivity index (χ4n) is 2.24. The van der Waals surface area contributed by atoms with Crippen LogP contribution in [0.5, 0.6) is 0 Å². The third-order valence-electron chi connectivity index (χ3n) is 3.09. The quantitative estimate of drug-likeness (QED) is 0.874. The fraction of sp³-hybridized carbons (Fsp3) is 0.571. The first-order valence-electron chi connectivity index (χ1n) is 6.26. The molecule has 2 rings (SSSR count). The van der Waals surface area contributed by atoms with E-state index in [0.717, 1.165) is 24.5 Å². The van der Waals surface area contributed by atoms with Gasteiger partial charge in [0.15, 0.2) is 0 Å². The minimum Gasteiger partial charge on any atom is -0.392 e. The zero-order valence-electron chi connectivity index (χ0n) is 10.3. The van der Waals surface area contributed by atoms with Crippen molar-refractivity contribution in [3.05, 3.63) is 35.4 Å². The van der Waals surface area contributed by atoms with E-state index >= 15 is 0 Å². The third kappa shape index (κ3) is 3.47. The van der Waals surface area contributed by atoms with Crippen molar-refractivity contribution in [3.63, 3.8) is 0 Å². The Bertz CT molecular complexity index is 354. The first-order chi connectivity index (χ1) is 8.31. The van der Waals surface area contributed by atoms with Crippen LogP contribution in [0.2, 0.25) is 0 Å². The van der Waals surface area contributed by atoms with E-state index in [1.54, 1.807) is 11.8 Å². The predicted octanol–water partition coefficient (Wildman–Crippen LogP) is 2.80. The molecule has 0 saturated heterocycles. The van der Waals surface area contributed by atoms with Gasteiger partial charge in [0.25, 0.3) is 0 Å². The minimum absolute atomic E-state index is 0.0763. The van der Waals surface area contributed by atoms with E-state index in [1.165, 1.54) is 11.1 Å². The van der Waals surface area contributed by atoms with Gasteiger partial charge in [-0.1, -0.05) is 31.2 Å². The number of hydrogen-bond acceptors (Lipinski definition) is 3. The van der Waals surface area contributed by atoms with Crippen molar-refractivity contribution in [3.8, 4) is 0 Å². The molecule has 0 spiro atoms. The molecule has 1 N–H and O–H groups in total. The molecule has 0 aliphatic carbocycles. The van der Waals surface area contributed by atoms with E-state index in [4.69, 9.17) is 4.74 Å². The van der Waals surface area contributed by atoms with Crippen molar-refractivity contribution >= 4 is 11.8 Å². The third-order valence-corrected chi connectivity index (χ3v) is 4.12. The van der Waals surface area contributed by atoms with Gasteiger partial charge >= 0.3 is 0 Å². The molecule has 1 aliphatic heterocycles. The number of aliphatic hydroxyl groups excluding tert-OH is 1. The molecule has 0 aromatic heterocycles. The van der Waals surface area contributed by atoms with Crippen molar-refractivity contribution in [2.75, 3.05) is 18.1 Å². The van der Waals surface area contributed by atoms with Gasteiger partial charge in [0.1, 0.15) is 0 Å². The van der Waals surface area contributed by atoms with Gasteiger partial charge in [0, 0.05) is 12.2 Å². The molecule has 2 unspecified atom stereocenters.